The van der Waals surface area contributed by atoms with Crippen molar-refractivity contribution in [1.29, 1.82) is 5.26 Å². The first-order chi connectivity index (χ1) is 7.04. The highest BCUT2D eigenvalue weighted by Crippen LogP contribution is 2.23. The molecule has 0 fully saturated rings. The lowest BCUT2D eigenvalue weighted by Gasteiger charge is -2.08. The van der Waals surface area contributed by atoms with E-state index in [1.54, 1.807) is 0 Å². The number of aliphatic carboxylic acids is 1. The number of aliphatic hydroxyl groups excluding tert-OH is 2. The molecule has 0 saturated heterocycles. The number of rotatable bonds is 4. The van der Waals surface area contributed by atoms with E-state index in [-0.39, 0.29) is 6.42 Å². The molecule has 15 heavy (non-hydrogen) atoms. The molecular weight excluding hydrogens is 218 g/mol. The average molecular weight is 227 g/mol. The summed E-state index contributed by atoms with van der Waals surface area (Å²) in [6.45, 7) is 0. The number of carboxylic acids is 1. The lowest BCUT2D eigenvalue weighted by molar-refractivity contribution is -0.136. The molecular formula is C9H9NO4S. The summed E-state index contributed by atoms with van der Waals surface area (Å²) in [6.07, 6.45) is -2.90. The summed E-state index contributed by atoms with van der Waals surface area (Å²) in [5.74, 6) is -0.960. The molecule has 0 aliphatic carbocycles. The molecule has 0 bridgehead atoms. The number of nitriles is 1. The van der Waals surface area contributed by atoms with Crippen molar-refractivity contribution in [1.82, 2.24) is 0 Å². The summed E-state index contributed by atoms with van der Waals surface area (Å²) in [6, 6.07) is 2.98. The molecule has 3 N–H and O–H groups in total. The number of hydrogen-bond acceptors (Lipinski definition) is 5. The van der Waals surface area contributed by atoms with Crippen LogP contribution in [-0.2, 0) is 11.2 Å². The van der Waals surface area contributed by atoms with Crippen LogP contribution in [0, 0.1) is 11.3 Å². The van der Waals surface area contributed by atoms with Crippen LogP contribution in [0.4, 0.5) is 0 Å². The summed E-state index contributed by atoms with van der Waals surface area (Å²) in [7, 11) is 0. The van der Waals surface area contributed by atoms with E-state index in [1.807, 2.05) is 0 Å². The Morgan fingerprint density at radius 2 is 2.27 bits per heavy atom. The number of hydrogen-bond donors (Lipinski definition) is 3. The number of carboxylic acid groups (broad SMARTS) is 1. The molecule has 0 amide bonds. The maximum Gasteiger partial charge on any atom is 0.308 e. The highest BCUT2D eigenvalue weighted by atomic mass is 32.1. The summed E-state index contributed by atoms with van der Waals surface area (Å²) in [5, 5.41) is 36.9. The monoisotopic (exact) mass is 227 g/mol. The Morgan fingerprint density at radius 1 is 1.60 bits per heavy atom. The lowest BCUT2D eigenvalue weighted by atomic mass is 10.1. The second-order valence-corrected chi connectivity index (χ2v) is 3.93. The van der Waals surface area contributed by atoms with Gasteiger partial charge in [-0.05, 0) is 17.0 Å². The van der Waals surface area contributed by atoms with Gasteiger partial charge in [0.25, 0.3) is 0 Å². The minimum Gasteiger partial charge on any atom is -0.481 e. The fourth-order valence-electron chi connectivity index (χ4n) is 1.05. The molecule has 1 aromatic heterocycles. The van der Waals surface area contributed by atoms with E-state index in [4.69, 9.17) is 15.5 Å². The highest BCUT2D eigenvalue weighted by molar-refractivity contribution is 7.10. The fourth-order valence-corrected chi connectivity index (χ4v) is 1.95. The predicted octanol–water partition coefficient (Wildman–Crippen LogP) is 0.293. The maximum atomic E-state index is 10.4. The number of carbonyl (C=O) groups is 1. The molecule has 0 aromatic carbocycles. The average Bonchev–Trinajstić information content (AvgIpc) is 2.63. The van der Waals surface area contributed by atoms with E-state index in [9.17, 15) is 9.90 Å². The minimum atomic E-state index is -1.49. The summed E-state index contributed by atoms with van der Waals surface area (Å²) >= 11 is 1.17. The summed E-state index contributed by atoms with van der Waals surface area (Å²) < 4.78 is 0. The van der Waals surface area contributed by atoms with Crippen LogP contribution in [0.5, 0.6) is 0 Å². The van der Waals surface area contributed by atoms with Crippen LogP contribution in [-0.4, -0.2) is 27.4 Å². The minimum absolute atomic E-state index is 0.125. The molecule has 6 heteroatoms. The molecule has 2 unspecified atom stereocenters. The number of nitrogens with zero attached hydrogens (tertiary/aromatic N) is 1. The molecule has 0 saturated carbocycles. The van der Waals surface area contributed by atoms with Gasteiger partial charge < -0.3 is 15.3 Å². The standard InChI is InChI=1S/C9H9NO4S/c10-3-7(11)9(14)5-1-6(15-4-5)2-8(12)13/h1,4,7,9,11,14H,2H2,(H,12,13). The first kappa shape index (κ1) is 11.7. The van der Waals surface area contributed by atoms with Gasteiger partial charge in [0.05, 0.1) is 12.5 Å². The third-order valence-corrected chi connectivity index (χ3v) is 2.73. The number of thiophene rings is 1. The Bertz CT molecular complexity index is 395. The van der Waals surface area contributed by atoms with Crippen LogP contribution in [0.25, 0.3) is 0 Å². The SMILES string of the molecule is N#CC(O)C(O)c1csc(CC(=O)O)c1. The zero-order chi connectivity index (χ0) is 11.4. The predicted molar refractivity (Wildman–Crippen MR) is 52.2 cm³/mol. The van der Waals surface area contributed by atoms with Gasteiger partial charge in [0.2, 0.25) is 0 Å². The van der Waals surface area contributed by atoms with Crippen molar-refractivity contribution in [3.05, 3.63) is 21.9 Å². The van der Waals surface area contributed by atoms with Crippen molar-refractivity contribution in [3.63, 3.8) is 0 Å². The van der Waals surface area contributed by atoms with Gasteiger partial charge in [-0.3, -0.25) is 4.79 Å². The second-order valence-electron chi connectivity index (χ2n) is 2.94. The van der Waals surface area contributed by atoms with Crippen molar-refractivity contribution in [3.8, 4) is 6.07 Å². The van der Waals surface area contributed by atoms with Crippen LogP contribution >= 0.6 is 11.3 Å². The van der Waals surface area contributed by atoms with Crippen LogP contribution in [0.1, 0.15) is 16.5 Å². The van der Waals surface area contributed by atoms with Crippen molar-refractivity contribution in [2.45, 2.75) is 18.6 Å². The fraction of sp³-hybridized carbons (Fsp3) is 0.333. The van der Waals surface area contributed by atoms with Gasteiger partial charge in [-0.25, -0.2) is 0 Å². The van der Waals surface area contributed by atoms with E-state index in [2.05, 4.69) is 0 Å². The van der Waals surface area contributed by atoms with Crippen molar-refractivity contribution in [2.75, 3.05) is 0 Å². The molecule has 0 radical (unpaired) electrons. The van der Waals surface area contributed by atoms with E-state index >= 15 is 0 Å². The molecule has 1 heterocycles. The van der Waals surface area contributed by atoms with E-state index in [1.165, 1.54) is 28.9 Å². The van der Waals surface area contributed by atoms with Gasteiger partial charge in [0.1, 0.15) is 6.10 Å². The van der Waals surface area contributed by atoms with Gasteiger partial charge in [0.15, 0.2) is 6.10 Å². The molecule has 1 aromatic rings. The maximum absolute atomic E-state index is 10.4. The van der Waals surface area contributed by atoms with E-state index in [0.717, 1.165) is 0 Å². The molecule has 2 atom stereocenters. The molecule has 0 aliphatic rings. The molecule has 5 nitrogen and oxygen atoms in total. The second kappa shape index (κ2) is 4.89. The van der Waals surface area contributed by atoms with Gasteiger partial charge in [-0.2, -0.15) is 5.26 Å². The van der Waals surface area contributed by atoms with Crippen LogP contribution in [0.3, 0.4) is 0 Å². The first-order valence-corrected chi connectivity index (χ1v) is 4.97. The quantitative estimate of drug-likeness (QED) is 0.642. The normalized spacial score (nSPS) is 14.2. The summed E-state index contributed by atoms with van der Waals surface area (Å²) in [4.78, 5) is 11.0. The Labute approximate surface area is 89.8 Å². The highest BCUT2D eigenvalue weighted by Gasteiger charge is 2.19. The van der Waals surface area contributed by atoms with E-state index < -0.39 is 18.2 Å². The topological polar surface area (TPSA) is 102 Å². The third kappa shape index (κ3) is 3.02. The number of aliphatic hydroxyl groups is 2. The smallest absolute Gasteiger partial charge is 0.308 e. The Hall–Kier alpha value is -1.42. The van der Waals surface area contributed by atoms with E-state index in [0.29, 0.717) is 10.4 Å². The first-order valence-electron chi connectivity index (χ1n) is 4.09. The lowest BCUT2D eigenvalue weighted by Crippen LogP contribution is -2.14. The van der Waals surface area contributed by atoms with Gasteiger partial charge in [-0.1, -0.05) is 0 Å². The third-order valence-electron chi connectivity index (χ3n) is 1.77. The molecule has 0 spiro atoms. The molecule has 0 aliphatic heterocycles. The zero-order valence-electron chi connectivity index (χ0n) is 7.62. The van der Waals surface area contributed by atoms with Gasteiger partial charge >= 0.3 is 5.97 Å². The van der Waals surface area contributed by atoms with Gasteiger partial charge in [-0.15, -0.1) is 11.3 Å². The van der Waals surface area contributed by atoms with Gasteiger partial charge in [0, 0.05) is 4.88 Å². The van der Waals surface area contributed by atoms with Crippen molar-refractivity contribution >= 4 is 17.3 Å². The van der Waals surface area contributed by atoms with Crippen molar-refractivity contribution < 1.29 is 20.1 Å². The van der Waals surface area contributed by atoms with Crippen LogP contribution < -0.4 is 0 Å². The Kier molecular flexibility index (Phi) is 3.80. The van der Waals surface area contributed by atoms with Crippen molar-refractivity contribution in [2.24, 2.45) is 0 Å². The molecule has 80 valence electrons. The zero-order valence-corrected chi connectivity index (χ0v) is 8.44. The molecule has 1 rings (SSSR count). The largest absolute Gasteiger partial charge is 0.481 e. The summed E-state index contributed by atoms with van der Waals surface area (Å²) in [5.41, 5.74) is 0.366. The van der Waals surface area contributed by atoms with Crippen LogP contribution in [0.2, 0.25) is 0 Å². The van der Waals surface area contributed by atoms with Crippen LogP contribution in [0.15, 0.2) is 11.4 Å². The Balaban J connectivity index is 2.76. The Morgan fingerprint density at radius 3 is 2.80 bits per heavy atom.